The average Bonchev–Trinajstić information content (AvgIpc) is 3.20. The lowest BCUT2D eigenvalue weighted by atomic mass is 10.1. The van der Waals surface area contributed by atoms with Crippen LogP contribution in [0.15, 0.2) is 45.2 Å². The molecule has 12 heteroatoms. The van der Waals surface area contributed by atoms with Gasteiger partial charge < -0.3 is 20.3 Å². The molecule has 2 aliphatic rings. The maximum Gasteiger partial charge on any atom is 0.326 e. The molecule has 1 saturated carbocycles. The van der Waals surface area contributed by atoms with Gasteiger partial charge >= 0.3 is 5.69 Å². The second-order valence-corrected chi connectivity index (χ2v) is 8.70. The monoisotopic (exact) mass is 472 g/mol. The highest BCUT2D eigenvalue weighted by Gasteiger charge is 2.21. The third kappa shape index (κ3) is 4.25. The Morgan fingerprint density at radius 3 is 2.74 bits per heavy atom. The topological polar surface area (TPSA) is 152 Å². The van der Waals surface area contributed by atoms with E-state index in [0.717, 1.165) is 37.2 Å². The van der Waals surface area contributed by atoms with Gasteiger partial charge in [-0.15, -0.1) is 0 Å². The number of benzene rings is 1. The van der Waals surface area contributed by atoms with E-state index in [0.29, 0.717) is 22.4 Å². The minimum Gasteiger partial charge on any atom is -0.493 e. The van der Waals surface area contributed by atoms with E-state index in [9.17, 15) is 9.90 Å². The van der Waals surface area contributed by atoms with Gasteiger partial charge in [0, 0.05) is 17.5 Å². The molecule has 0 amide bonds. The van der Waals surface area contributed by atoms with Crippen LogP contribution >= 0.6 is 0 Å². The number of nitrogens with zero attached hydrogens (tertiary/aromatic N) is 7. The number of aromatic nitrogens is 6. The molecule has 0 bridgehead atoms. The largest absolute Gasteiger partial charge is 0.493 e. The van der Waals surface area contributed by atoms with Crippen molar-refractivity contribution in [2.75, 3.05) is 23.3 Å². The molecular weight excluding hydrogens is 448 g/mol. The fraction of sp³-hybridized carbons (Fsp3) is 0.304. The van der Waals surface area contributed by atoms with Crippen molar-refractivity contribution in [3.8, 4) is 5.88 Å². The Kier molecular flexibility index (Phi) is 5.05. The number of hydrogen-bond donors (Lipinski definition) is 4. The van der Waals surface area contributed by atoms with Gasteiger partial charge in [0.2, 0.25) is 11.8 Å². The van der Waals surface area contributed by atoms with Crippen LogP contribution in [0.2, 0.25) is 0 Å². The lowest BCUT2D eigenvalue weighted by Gasteiger charge is -2.17. The van der Waals surface area contributed by atoms with Crippen molar-refractivity contribution in [1.82, 2.24) is 29.5 Å². The van der Waals surface area contributed by atoms with Crippen molar-refractivity contribution in [1.29, 1.82) is 0 Å². The van der Waals surface area contributed by atoms with Gasteiger partial charge in [-0.2, -0.15) is 19.6 Å². The van der Waals surface area contributed by atoms with E-state index in [1.807, 2.05) is 13.3 Å². The van der Waals surface area contributed by atoms with Gasteiger partial charge in [0.25, 0.3) is 5.62 Å². The van der Waals surface area contributed by atoms with Crippen LogP contribution in [0.25, 0.3) is 11.7 Å². The molecule has 178 valence electrons. The van der Waals surface area contributed by atoms with E-state index in [1.54, 1.807) is 16.8 Å². The molecule has 1 aliphatic carbocycles. The Hall–Kier alpha value is -4.48. The van der Waals surface area contributed by atoms with Gasteiger partial charge in [-0.1, -0.05) is 12.1 Å². The third-order valence-corrected chi connectivity index (χ3v) is 6.02. The van der Waals surface area contributed by atoms with Crippen LogP contribution < -0.4 is 26.7 Å². The molecule has 4 heterocycles. The molecule has 0 radical (unpaired) electrons. The number of aliphatic imine (C=N–C) groups is 1. The van der Waals surface area contributed by atoms with Gasteiger partial charge in [0.05, 0.1) is 31.2 Å². The van der Waals surface area contributed by atoms with Crippen molar-refractivity contribution in [2.45, 2.75) is 31.8 Å². The van der Waals surface area contributed by atoms with Crippen LogP contribution in [0.4, 0.5) is 11.6 Å². The summed E-state index contributed by atoms with van der Waals surface area (Å²) >= 11 is 0. The smallest absolute Gasteiger partial charge is 0.326 e. The Bertz CT molecular complexity index is 1590. The number of nitrogens with one attached hydrogen (secondary N) is 3. The Morgan fingerprint density at radius 2 is 2.06 bits per heavy atom. The summed E-state index contributed by atoms with van der Waals surface area (Å²) in [5.74, 6) is 0.170. The van der Waals surface area contributed by atoms with Gasteiger partial charge in [-0.05, 0) is 43.5 Å². The molecule has 1 fully saturated rings. The number of imidazole rings is 1. The zero-order chi connectivity index (χ0) is 23.9. The maximum absolute atomic E-state index is 11.5. The predicted octanol–water partition coefficient (Wildman–Crippen LogP) is 0.479. The normalized spacial score (nSPS) is 17.6. The first-order valence-electron chi connectivity index (χ1n) is 11.5. The number of aromatic amines is 2. The van der Waals surface area contributed by atoms with Crippen LogP contribution in [0.5, 0.6) is 5.88 Å². The second kappa shape index (κ2) is 8.38. The average molecular weight is 473 g/mol. The second-order valence-electron chi connectivity index (χ2n) is 8.70. The number of anilines is 2. The Morgan fingerprint density at radius 1 is 1.23 bits per heavy atom. The van der Waals surface area contributed by atoms with Crippen molar-refractivity contribution in [3.05, 3.63) is 63.0 Å². The van der Waals surface area contributed by atoms with Crippen LogP contribution in [0, 0.1) is 0 Å². The molecule has 4 aromatic rings. The Labute approximate surface area is 198 Å². The number of H-pyrrole nitrogens is 2. The van der Waals surface area contributed by atoms with Crippen molar-refractivity contribution in [2.24, 2.45) is 9.98 Å². The maximum atomic E-state index is 11.5. The summed E-state index contributed by atoms with van der Waals surface area (Å²) in [4.78, 5) is 36.8. The Balaban J connectivity index is 1.36. The SMILES string of the molecule is CC(Nc1nc(=NC2CC2)n2ncc(=Cc3[nH]c(=O)[nH]c3O)c2n1)c1ccc(N2C=NCC2)cc1. The first-order chi connectivity index (χ1) is 17.0. The summed E-state index contributed by atoms with van der Waals surface area (Å²) in [6.45, 7) is 3.76. The third-order valence-electron chi connectivity index (χ3n) is 6.02. The van der Waals surface area contributed by atoms with Crippen LogP contribution in [0.1, 0.15) is 37.1 Å². The molecule has 1 aliphatic heterocycles. The summed E-state index contributed by atoms with van der Waals surface area (Å²) in [5.41, 5.74) is 2.92. The van der Waals surface area contributed by atoms with Crippen molar-refractivity contribution in [3.63, 3.8) is 0 Å². The minimum atomic E-state index is -0.497. The number of aromatic hydroxyl groups is 1. The quantitative estimate of drug-likeness (QED) is 0.318. The highest BCUT2D eigenvalue weighted by molar-refractivity contribution is 5.80. The van der Waals surface area contributed by atoms with Gasteiger partial charge in [-0.3, -0.25) is 9.98 Å². The molecule has 6 rings (SSSR count). The van der Waals surface area contributed by atoms with E-state index >= 15 is 0 Å². The highest BCUT2D eigenvalue weighted by atomic mass is 16.3. The molecule has 3 aromatic heterocycles. The zero-order valence-electron chi connectivity index (χ0n) is 19.0. The summed E-state index contributed by atoms with van der Waals surface area (Å²) in [6, 6.07) is 8.50. The summed E-state index contributed by atoms with van der Waals surface area (Å²) in [6.07, 6.45) is 7.13. The standard InChI is InChI=1S/C23H24N10O2/c1-13(14-2-6-17(7-3-14)32-9-8-24-12-32)26-21-29-19-15(10-18-20(34)30-23(35)28-18)11-25-33(19)22(31-21)27-16-4-5-16/h2-3,6-7,10-13,16,34H,4-5,8-9H2,1H3,(H,26,27,31)(H2,28,30,35). The van der Waals surface area contributed by atoms with Crippen molar-refractivity contribution < 1.29 is 5.11 Å². The number of fused-ring (bicyclic) bond motifs is 1. The predicted molar refractivity (Wildman–Crippen MR) is 130 cm³/mol. The molecule has 1 atom stereocenters. The number of hydrogen-bond acceptors (Lipinski definition) is 9. The molecule has 12 nitrogen and oxygen atoms in total. The van der Waals surface area contributed by atoms with E-state index in [2.05, 4.69) is 64.5 Å². The van der Waals surface area contributed by atoms with E-state index in [4.69, 9.17) is 4.99 Å². The van der Waals surface area contributed by atoms with E-state index in [-0.39, 0.29) is 23.7 Å². The van der Waals surface area contributed by atoms with Crippen LogP contribution in [0.3, 0.4) is 0 Å². The first-order valence-corrected chi connectivity index (χ1v) is 11.5. The molecule has 1 unspecified atom stereocenters. The van der Waals surface area contributed by atoms with Crippen molar-refractivity contribution >= 4 is 29.7 Å². The highest BCUT2D eigenvalue weighted by Crippen LogP contribution is 2.23. The molecule has 0 spiro atoms. The summed E-state index contributed by atoms with van der Waals surface area (Å²) < 4.78 is 1.58. The molecular formula is C23H24N10O2. The number of rotatable bonds is 6. The molecule has 35 heavy (non-hydrogen) atoms. The molecule has 4 N–H and O–H groups in total. The first kappa shape index (κ1) is 21.1. The fourth-order valence-electron chi connectivity index (χ4n) is 3.95. The fourth-order valence-corrected chi connectivity index (χ4v) is 3.95. The van der Waals surface area contributed by atoms with E-state index < -0.39 is 5.69 Å². The van der Waals surface area contributed by atoms with Gasteiger partial charge in [0.15, 0.2) is 5.65 Å². The minimum absolute atomic E-state index is 0.0621. The lowest BCUT2D eigenvalue weighted by molar-refractivity contribution is 0.454. The van der Waals surface area contributed by atoms with E-state index in [1.165, 1.54) is 0 Å². The zero-order valence-corrected chi connectivity index (χ0v) is 19.0. The van der Waals surface area contributed by atoms with Gasteiger partial charge in [0.1, 0.15) is 5.69 Å². The van der Waals surface area contributed by atoms with Crippen LogP contribution in [-0.4, -0.2) is 60.1 Å². The molecule has 1 aromatic carbocycles. The van der Waals surface area contributed by atoms with Gasteiger partial charge in [-0.25, -0.2) is 9.79 Å². The lowest BCUT2D eigenvalue weighted by Crippen LogP contribution is -2.25. The molecule has 0 saturated heterocycles. The summed E-state index contributed by atoms with van der Waals surface area (Å²) in [5, 5.41) is 18.3. The summed E-state index contributed by atoms with van der Waals surface area (Å²) in [7, 11) is 0. The van der Waals surface area contributed by atoms with Crippen LogP contribution in [-0.2, 0) is 0 Å².